The summed E-state index contributed by atoms with van der Waals surface area (Å²) >= 11 is 0. The zero-order valence-corrected chi connectivity index (χ0v) is 11.3. The van der Waals surface area contributed by atoms with Gasteiger partial charge in [0.25, 0.3) is 0 Å². The fourth-order valence-corrected chi connectivity index (χ4v) is 3.38. The Morgan fingerprint density at radius 1 is 1.05 bits per heavy atom. The summed E-state index contributed by atoms with van der Waals surface area (Å²) in [6.07, 6.45) is 8.71. The van der Waals surface area contributed by atoms with Crippen molar-refractivity contribution in [2.45, 2.75) is 75.0 Å². The van der Waals surface area contributed by atoms with Gasteiger partial charge in [0.15, 0.2) is 0 Å². The monoisotopic (exact) mass is 282 g/mol. The van der Waals surface area contributed by atoms with Crippen molar-refractivity contribution in [3.05, 3.63) is 5.21 Å². The van der Waals surface area contributed by atoms with Crippen LogP contribution in [0.2, 0.25) is 0 Å². The van der Waals surface area contributed by atoms with Crippen molar-refractivity contribution >= 4 is 6.34 Å². The Morgan fingerprint density at radius 3 is 2.55 bits per heavy atom. The van der Waals surface area contributed by atoms with Gasteiger partial charge in [0, 0.05) is 6.04 Å². The third-order valence-corrected chi connectivity index (χ3v) is 4.73. The summed E-state index contributed by atoms with van der Waals surface area (Å²) in [6, 6.07) is 0.167. The van der Waals surface area contributed by atoms with Gasteiger partial charge in [-0.1, -0.05) is 0 Å². The fraction of sp³-hybridized carbons (Fsp3) is 0.923. The van der Waals surface area contributed by atoms with E-state index in [4.69, 9.17) is 14.4 Å². The SMILES string of the molecule is [O-]N(ONC=NC1CCC2OC2C1)C1CCC2OC2C1. The molecular formula is C13H20N3O4-. The molecule has 0 radical (unpaired) electrons. The van der Waals surface area contributed by atoms with Gasteiger partial charge >= 0.3 is 0 Å². The maximum Gasteiger partial charge on any atom is 0.109 e. The molecule has 2 aliphatic carbocycles. The first kappa shape index (κ1) is 13.0. The fourth-order valence-electron chi connectivity index (χ4n) is 3.38. The van der Waals surface area contributed by atoms with E-state index in [0.29, 0.717) is 23.5 Å². The van der Waals surface area contributed by atoms with Gasteiger partial charge in [-0.3, -0.25) is 4.99 Å². The lowest BCUT2D eigenvalue weighted by atomic mass is 9.96. The zero-order valence-electron chi connectivity index (χ0n) is 11.3. The number of hydrogen-bond acceptors (Lipinski definition) is 6. The quantitative estimate of drug-likeness (QED) is 0.349. The van der Waals surface area contributed by atoms with Gasteiger partial charge in [0.1, 0.15) is 6.34 Å². The molecule has 7 nitrogen and oxygen atoms in total. The van der Waals surface area contributed by atoms with Crippen molar-refractivity contribution in [2.75, 3.05) is 0 Å². The largest absolute Gasteiger partial charge is 0.760 e. The Balaban J connectivity index is 1.16. The third-order valence-electron chi connectivity index (χ3n) is 4.73. The van der Waals surface area contributed by atoms with Gasteiger partial charge in [-0.25, -0.2) is 10.7 Å². The van der Waals surface area contributed by atoms with Crippen LogP contribution in [-0.2, 0) is 14.4 Å². The summed E-state index contributed by atoms with van der Waals surface area (Å²) in [5.74, 6) is 0. The highest BCUT2D eigenvalue weighted by Crippen LogP contribution is 2.38. The van der Waals surface area contributed by atoms with Gasteiger partial charge in [0.05, 0.1) is 30.5 Å². The van der Waals surface area contributed by atoms with E-state index in [1.807, 2.05) is 0 Å². The minimum Gasteiger partial charge on any atom is -0.760 e. The lowest BCUT2D eigenvalue weighted by molar-refractivity contribution is -0.183. The van der Waals surface area contributed by atoms with Crippen molar-refractivity contribution in [3.8, 4) is 0 Å². The molecule has 0 amide bonds. The maximum absolute atomic E-state index is 11.8. The number of epoxide rings is 2. The van der Waals surface area contributed by atoms with Gasteiger partial charge in [-0.2, -0.15) is 4.94 Å². The normalized spacial score (nSPS) is 46.1. The van der Waals surface area contributed by atoms with Crippen molar-refractivity contribution < 1.29 is 14.4 Å². The molecule has 2 saturated carbocycles. The van der Waals surface area contributed by atoms with Crippen molar-refractivity contribution in [1.82, 2.24) is 10.7 Å². The molecule has 2 saturated heterocycles. The summed E-state index contributed by atoms with van der Waals surface area (Å²) in [7, 11) is 0. The maximum atomic E-state index is 11.8. The zero-order chi connectivity index (χ0) is 13.5. The number of nitrogens with one attached hydrogen (secondary N) is 1. The Morgan fingerprint density at radius 2 is 1.80 bits per heavy atom. The molecule has 4 aliphatic rings. The van der Waals surface area contributed by atoms with Crippen LogP contribution >= 0.6 is 0 Å². The Hall–Kier alpha value is -0.730. The average Bonchev–Trinajstić information content (AvgIpc) is 3.35. The van der Waals surface area contributed by atoms with Crippen LogP contribution < -0.4 is 5.48 Å². The number of fused-ring (bicyclic) bond motifs is 2. The van der Waals surface area contributed by atoms with Crippen molar-refractivity contribution in [3.63, 3.8) is 0 Å². The van der Waals surface area contributed by atoms with E-state index in [1.165, 1.54) is 6.34 Å². The predicted octanol–water partition coefficient (Wildman–Crippen LogP) is 0.890. The van der Waals surface area contributed by atoms with Gasteiger partial charge in [-0.15, -0.1) is 0 Å². The second kappa shape index (κ2) is 5.23. The van der Waals surface area contributed by atoms with Crippen LogP contribution in [-0.4, -0.2) is 48.1 Å². The van der Waals surface area contributed by atoms with E-state index in [0.717, 1.165) is 38.5 Å². The highest BCUT2D eigenvalue weighted by molar-refractivity contribution is 5.52. The van der Waals surface area contributed by atoms with Crippen LogP contribution in [0.25, 0.3) is 0 Å². The highest BCUT2D eigenvalue weighted by atomic mass is 17.0. The van der Waals surface area contributed by atoms with E-state index in [1.54, 1.807) is 0 Å². The first-order chi connectivity index (χ1) is 9.79. The molecule has 6 unspecified atom stereocenters. The summed E-state index contributed by atoms with van der Waals surface area (Å²) in [6.45, 7) is 0. The highest BCUT2D eigenvalue weighted by Gasteiger charge is 2.45. The molecule has 7 heteroatoms. The number of hydroxylamine groups is 3. The topological polar surface area (TPSA) is 85.0 Å². The Kier molecular flexibility index (Phi) is 3.39. The van der Waals surface area contributed by atoms with Gasteiger partial charge < -0.3 is 14.7 Å². The number of rotatable bonds is 5. The summed E-state index contributed by atoms with van der Waals surface area (Å²) in [5.41, 5.74) is 2.53. The molecule has 0 aromatic rings. The molecule has 4 fully saturated rings. The molecule has 2 aliphatic heterocycles. The number of hydrogen-bond donors (Lipinski definition) is 1. The lowest BCUT2D eigenvalue weighted by Gasteiger charge is -2.35. The summed E-state index contributed by atoms with van der Waals surface area (Å²) in [4.78, 5) is 9.34. The van der Waals surface area contributed by atoms with Crippen molar-refractivity contribution in [1.29, 1.82) is 0 Å². The summed E-state index contributed by atoms with van der Waals surface area (Å²) < 4.78 is 10.8. The average molecular weight is 282 g/mol. The Bertz CT molecular complexity index is 394. The van der Waals surface area contributed by atoms with E-state index < -0.39 is 0 Å². The molecule has 112 valence electrons. The van der Waals surface area contributed by atoms with Crippen LogP contribution in [0.4, 0.5) is 0 Å². The van der Waals surface area contributed by atoms with Gasteiger partial charge in [-0.05, 0) is 38.5 Å². The smallest absolute Gasteiger partial charge is 0.109 e. The van der Waals surface area contributed by atoms with Crippen LogP contribution in [0.1, 0.15) is 38.5 Å². The van der Waals surface area contributed by atoms with Crippen LogP contribution in [0.5, 0.6) is 0 Å². The molecule has 2 heterocycles. The van der Waals surface area contributed by atoms with Crippen molar-refractivity contribution in [2.24, 2.45) is 4.99 Å². The van der Waals surface area contributed by atoms with E-state index in [-0.39, 0.29) is 18.2 Å². The molecule has 0 aromatic heterocycles. The second-order valence-corrected chi connectivity index (χ2v) is 6.13. The first-order valence-electron chi connectivity index (χ1n) is 7.51. The molecule has 0 aromatic carbocycles. The second-order valence-electron chi connectivity index (χ2n) is 6.13. The van der Waals surface area contributed by atoms with E-state index in [2.05, 4.69) is 10.5 Å². The van der Waals surface area contributed by atoms with Crippen LogP contribution in [0.15, 0.2) is 4.99 Å². The lowest BCUT2D eigenvalue weighted by Crippen LogP contribution is -2.38. The molecule has 0 spiro atoms. The first-order valence-corrected chi connectivity index (χ1v) is 7.51. The minimum absolute atomic E-state index is 0.116. The van der Waals surface area contributed by atoms with E-state index in [9.17, 15) is 5.21 Å². The molecule has 20 heavy (non-hydrogen) atoms. The van der Waals surface area contributed by atoms with Crippen LogP contribution in [0.3, 0.4) is 0 Å². The molecule has 4 rings (SSSR count). The van der Waals surface area contributed by atoms with Gasteiger partial charge in [0.2, 0.25) is 0 Å². The molecule has 1 N–H and O–H groups in total. The number of ether oxygens (including phenoxy) is 2. The number of nitrogens with zero attached hydrogens (tertiary/aromatic N) is 2. The molecular weight excluding hydrogens is 262 g/mol. The summed E-state index contributed by atoms with van der Waals surface area (Å²) in [5, 5.41) is 12.4. The van der Waals surface area contributed by atoms with E-state index >= 15 is 0 Å². The third kappa shape index (κ3) is 2.82. The minimum atomic E-state index is -0.116. The molecule has 6 atom stereocenters. The number of aliphatic imine (C=N–C) groups is 1. The van der Waals surface area contributed by atoms with Crippen LogP contribution in [0, 0.1) is 5.21 Å². The predicted molar refractivity (Wildman–Crippen MR) is 70.5 cm³/mol. The molecule has 0 bridgehead atoms. The Labute approximate surface area is 117 Å². The standard InChI is InChI=1S/C13H20N3O4/c17-16(9-2-4-11-13(6-9)19-11)20-15-7-14-8-1-3-10-12(5-8)18-10/h7-13H,1-6H2,(H,14,15)/q-1.